The van der Waals surface area contributed by atoms with Gasteiger partial charge in [-0.3, -0.25) is 4.79 Å². The van der Waals surface area contributed by atoms with Crippen LogP contribution in [-0.4, -0.2) is 45.9 Å². The summed E-state index contributed by atoms with van der Waals surface area (Å²) in [4.78, 5) is 11.9. The van der Waals surface area contributed by atoms with Crippen molar-refractivity contribution < 1.29 is 17.9 Å². The molecule has 0 bridgehead atoms. The number of hydrogen-bond donors (Lipinski definition) is 2. The maximum atomic E-state index is 12.1. The average Bonchev–Trinajstić information content (AvgIpc) is 2.82. The standard InChI is InChI=1S/C13H17BrN2O4S/c14-10-1-3-11(4-2-10)21(18,19)8-13(17)16-5-9-6-20-7-12(9)15/h1-4,9,12H,5-8,15H2,(H,16,17)/t9-,12+/m0/s1. The molecule has 1 saturated heterocycles. The Morgan fingerprint density at radius 3 is 2.57 bits per heavy atom. The van der Waals surface area contributed by atoms with Gasteiger partial charge in [0, 0.05) is 23.0 Å². The van der Waals surface area contributed by atoms with Gasteiger partial charge in [-0.25, -0.2) is 8.42 Å². The lowest BCUT2D eigenvalue weighted by molar-refractivity contribution is -0.118. The Morgan fingerprint density at radius 1 is 1.33 bits per heavy atom. The highest BCUT2D eigenvalue weighted by Gasteiger charge is 2.26. The molecule has 116 valence electrons. The predicted molar refractivity (Wildman–Crippen MR) is 81.5 cm³/mol. The largest absolute Gasteiger partial charge is 0.379 e. The molecule has 0 saturated carbocycles. The number of nitrogens with two attached hydrogens (primary N) is 1. The molecule has 21 heavy (non-hydrogen) atoms. The van der Waals surface area contributed by atoms with Crippen LogP contribution in [0.2, 0.25) is 0 Å². The quantitative estimate of drug-likeness (QED) is 0.770. The van der Waals surface area contributed by atoms with E-state index >= 15 is 0 Å². The van der Waals surface area contributed by atoms with E-state index in [1.54, 1.807) is 12.1 Å². The summed E-state index contributed by atoms with van der Waals surface area (Å²) in [5.41, 5.74) is 5.80. The first-order valence-corrected chi connectivity index (χ1v) is 8.91. The first-order chi connectivity index (χ1) is 9.88. The fourth-order valence-corrected chi connectivity index (χ4v) is 3.45. The van der Waals surface area contributed by atoms with E-state index in [9.17, 15) is 13.2 Å². The summed E-state index contributed by atoms with van der Waals surface area (Å²) in [6, 6.07) is 6.06. The summed E-state index contributed by atoms with van der Waals surface area (Å²) in [5.74, 6) is -1.07. The monoisotopic (exact) mass is 376 g/mol. The average molecular weight is 377 g/mol. The number of sulfone groups is 1. The van der Waals surface area contributed by atoms with Crippen LogP contribution in [0.25, 0.3) is 0 Å². The van der Waals surface area contributed by atoms with Gasteiger partial charge < -0.3 is 15.8 Å². The van der Waals surface area contributed by atoms with E-state index in [2.05, 4.69) is 21.2 Å². The topological polar surface area (TPSA) is 98.5 Å². The lowest BCUT2D eigenvalue weighted by Crippen LogP contribution is -2.40. The number of ether oxygens (including phenoxy) is 1. The summed E-state index contributed by atoms with van der Waals surface area (Å²) in [6.07, 6.45) is 0. The predicted octanol–water partition coefficient (Wildman–Crippen LogP) is 0.313. The fraction of sp³-hybridized carbons (Fsp3) is 0.462. The molecule has 1 aromatic rings. The van der Waals surface area contributed by atoms with Gasteiger partial charge in [0.1, 0.15) is 5.75 Å². The number of rotatable bonds is 5. The van der Waals surface area contributed by atoms with E-state index in [4.69, 9.17) is 10.5 Å². The molecule has 1 aliphatic rings. The lowest BCUT2D eigenvalue weighted by Gasteiger charge is -2.14. The van der Waals surface area contributed by atoms with Crippen LogP contribution in [0.5, 0.6) is 0 Å². The van der Waals surface area contributed by atoms with Gasteiger partial charge in [0.05, 0.1) is 18.1 Å². The summed E-state index contributed by atoms with van der Waals surface area (Å²) in [7, 11) is -3.63. The van der Waals surface area contributed by atoms with Crippen molar-refractivity contribution in [3.63, 3.8) is 0 Å². The van der Waals surface area contributed by atoms with Gasteiger partial charge in [-0.15, -0.1) is 0 Å². The van der Waals surface area contributed by atoms with E-state index in [0.717, 1.165) is 4.47 Å². The van der Waals surface area contributed by atoms with Crippen molar-refractivity contribution in [3.05, 3.63) is 28.7 Å². The van der Waals surface area contributed by atoms with Crippen LogP contribution in [0, 0.1) is 5.92 Å². The minimum absolute atomic E-state index is 0.0318. The molecule has 0 spiro atoms. The molecule has 0 radical (unpaired) electrons. The van der Waals surface area contributed by atoms with Crippen LogP contribution in [0.1, 0.15) is 0 Å². The summed E-state index contributed by atoms with van der Waals surface area (Å²) in [6.45, 7) is 1.29. The van der Waals surface area contributed by atoms with Gasteiger partial charge in [0.15, 0.2) is 9.84 Å². The summed E-state index contributed by atoms with van der Waals surface area (Å²) in [5, 5.41) is 2.60. The Kier molecular flexibility index (Phi) is 5.37. The highest BCUT2D eigenvalue weighted by atomic mass is 79.9. The Labute approximate surface area is 132 Å². The molecule has 1 aliphatic heterocycles. The third-order valence-electron chi connectivity index (χ3n) is 3.30. The Bertz CT molecular complexity index is 603. The van der Waals surface area contributed by atoms with Crippen LogP contribution in [0.4, 0.5) is 0 Å². The third kappa shape index (κ3) is 4.50. The van der Waals surface area contributed by atoms with E-state index in [0.29, 0.717) is 19.8 Å². The van der Waals surface area contributed by atoms with E-state index in [1.165, 1.54) is 12.1 Å². The van der Waals surface area contributed by atoms with Gasteiger partial charge >= 0.3 is 0 Å². The van der Waals surface area contributed by atoms with Crippen molar-refractivity contribution >= 4 is 31.7 Å². The lowest BCUT2D eigenvalue weighted by atomic mass is 10.1. The second-order valence-corrected chi connectivity index (χ2v) is 7.88. The van der Waals surface area contributed by atoms with E-state index < -0.39 is 21.5 Å². The smallest absolute Gasteiger partial charge is 0.235 e. The molecule has 6 nitrogen and oxygen atoms in total. The molecule has 1 fully saturated rings. The van der Waals surface area contributed by atoms with Gasteiger partial charge in [0.2, 0.25) is 5.91 Å². The normalized spacial score (nSPS) is 22.2. The van der Waals surface area contributed by atoms with Crippen molar-refractivity contribution in [2.45, 2.75) is 10.9 Å². The van der Waals surface area contributed by atoms with Gasteiger partial charge in [-0.1, -0.05) is 15.9 Å². The maximum Gasteiger partial charge on any atom is 0.235 e. The number of carbonyl (C=O) groups excluding carboxylic acids is 1. The molecule has 1 amide bonds. The summed E-state index contributed by atoms with van der Waals surface area (Å²) >= 11 is 3.23. The molecule has 0 unspecified atom stereocenters. The number of amides is 1. The molecule has 3 N–H and O–H groups in total. The van der Waals surface area contributed by atoms with E-state index in [1.807, 2.05) is 0 Å². The fourth-order valence-electron chi connectivity index (χ4n) is 2.02. The minimum atomic E-state index is -3.63. The van der Waals surface area contributed by atoms with Crippen LogP contribution in [0.3, 0.4) is 0 Å². The van der Waals surface area contributed by atoms with Crippen LogP contribution < -0.4 is 11.1 Å². The molecular weight excluding hydrogens is 360 g/mol. The zero-order valence-electron chi connectivity index (χ0n) is 11.3. The highest BCUT2D eigenvalue weighted by molar-refractivity contribution is 9.10. The Balaban J connectivity index is 1.90. The molecule has 2 atom stereocenters. The number of hydrogen-bond acceptors (Lipinski definition) is 5. The second-order valence-electron chi connectivity index (χ2n) is 4.98. The first-order valence-electron chi connectivity index (χ1n) is 6.47. The minimum Gasteiger partial charge on any atom is -0.379 e. The maximum absolute atomic E-state index is 12.1. The second kappa shape index (κ2) is 6.87. The SMILES string of the molecule is N[C@@H]1COC[C@@H]1CNC(=O)CS(=O)(=O)c1ccc(Br)cc1. The summed E-state index contributed by atoms with van der Waals surface area (Å²) < 4.78 is 30.1. The van der Waals surface area contributed by atoms with Crippen molar-refractivity contribution in [2.75, 3.05) is 25.5 Å². The van der Waals surface area contributed by atoms with Gasteiger partial charge in [-0.2, -0.15) is 0 Å². The zero-order chi connectivity index (χ0) is 15.5. The number of nitrogens with one attached hydrogen (secondary N) is 1. The van der Waals surface area contributed by atoms with Crippen molar-refractivity contribution in [3.8, 4) is 0 Å². The molecule has 0 aliphatic carbocycles. The first kappa shape index (κ1) is 16.4. The Morgan fingerprint density at radius 2 is 2.00 bits per heavy atom. The van der Waals surface area contributed by atoms with Crippen LogP contribution in [-0.2, 0) is 19.4 Å². The molecule has 2 rings (SSSR count). The molecular formula is C13H17BrN2O4S. The van der Waals surface area contributed by atoms with Crippen molar-refractivity contribution in [1.29, 1.82) is 0 Å². The number of carbonyl (C=O) groups is 1. The van der Waals surface area contributed by atoms with Gasteiger partial charge in [0.25, 0.3) is 0 Å². The zero-order valence-corrected chi connectivity index (χ0v) is 13.7. The van der Waals surface area contributed by atoms with E-state index in [-0.39, 0.29) is 16.9 Å². The highest BCUT2D eigenvalue weighted by Crippen LogP contribution is 2.16. The van der Waals surface area contributed by atoms with Crippen molar-refractivity contribution in [1.82, 2.24) is 5.32 Å². The molecule has 1 aromatic carbocycles. The Hall–Kier alpha value is -0.960. The molecule has 1 heterocycles. The van der Waals surface area contributed by atoms with Gasteiger partial charge in [-0.05, 0) is 24.3 Å². The molecule has 0 aromatic heterocycles. The van der Waals surface area contributed by atoms with Crippen molar-refractivity contribution in [2.24, 2.45) is 11.7 Å². The molecule has 8 heteroatoms. The third-order valence-corrected chi connectivity index (χ3v) is 5.46. The van der Waals surface area contributed by atoms with Crippen LogP contribution >= 0.6 is 15.9 Å². The van der Waals surface area contributed by atoms with Crippen LogP contribution in [0.15, 0.2) is 33.6 Å². The number of benzene rings is 1. The number of halogens is 1.